The summed E-state index contributed by atoms with van der Waals surface area (Å²) in [7, 11) is 0. The first-order chi connectivity index (χ1) is 9.33. The van der Waals surface area contributed by atoms with E-state index in [0.717, 1.165) is 30.2 Å². The second-order valence-corrected chi connectivity index (χ2v) is 5.32. The van der Waals surface area contributed by atoms with E-state index in [1.165, 1.54) is 0 Å². The number of para-hydroxylation sites is 1. The van der Waals surface area contributed by atoms with E-state index >= 15 is 0 Å². The third kappa shape index (κ3) is 1.61. The lowest BCUT2D eigenvalue weighted by molar-refractivity contribution is 0.0658. The van der Waals surface area contributed by atoms with E-state index in [4.69, 9.17) is 4.42 Å². The van der Waals surface area contributed by atoms with Crippen molar-refractivity contribution < 1.29 is 9.21 Å². The van der Waals surface area contributed by atoms with Crippen molar-refractivity contribution in [1.29, 1.82) is 0 Å². The molecule has 1 aromatic carbocycles. The Morgan fingerprint density at radius 3 is 3.00 bits per heavy atom. The molecule has 2 bridgehead atoms. The van der Waals surface area contributed by atoms with Gasteiger partial charge < -0.3 is 9.32 Å². The monoisotopic (exact) mass is 253 g/mol. The topological polar surface area (TPSA) is 33.5 Å². The highest BCUT2D eigenvalue weighted by Gasteiger charge is 2.38. The first kappa shape index (κ1) is 10.9. The fourth-order valence-electron chi connectivity index (χ4n) is 3.26. The van der Waals surface area contributed by atoms with E-state index in [-0.39, 0.29) is 11.9 Å². The smallest absolute Gasteiger partial charge is 0.290 e. The van der Waals surface area contributed by atoms with Gasteiger partial charge in [-0.05, 0) is 31.4 Å². The predicted molar refractivity (Wildman–Crippen MR) is 73.0 cm³/mol. The molecule has 19 heavy (non-hydrogen) atoms. The molecule has 1 fully saturated rings. The van der Waals surface area contributed by atoms with Gasteiger partial charge in [-0.3, -0.25) is 4.79 Å². The molecule has 3 heteroatoms. The molecular weight excluding hydrogens is 238 g/mol. The zero-order valence-electron chi connectivity index (χ0n) is 10.6. The number of fused-ring (bicyclic) bond motifs is 3. The zero-order valence-corrected chi connectivity index (χ0v) is 10.6. The molecule has 2 aliphatic heterocycles. The van der Waals surface area contributed by atoms with Gasteiger partial charge in [-0.2, -0.15) is 0 Å². The largest absolute Gasteiger partial charge is 0.451 e. The van der Waals surface area contributed by atoms with Crippen LogP contribution < -0.4 is 0 Å². The van der Waals surface area contributed by atoms with Crippen molar-refractivity contribution in [2.75, 3.05) is 0 Å². The van der Waals surface area contributed by atoms with E-state index in [9.17, 15) is 4.79 Å². The summed E-state index contributed by atoms with van der Waals surface area (Å²) in [4.78, 5) is 14.6. The number of rotatable bonds is 1. The van der Waals surface area contributed by atoms with Gasteiger partial charge in [0.05, 0.1) is 6.04 Å². The van der Waals surface area contributed by atoms with Gasteiger partial charge in [-0.1, -0.05) is 30.4 Å². The standard InChI is InChI=1S/C16H15NO2/c18-16(17-12-5-3-6-13(17)9-8-12)15-10-11-4-1-2-7-14(11)19-15/h1-5,7,10,12-13H,6,8-9H2/t12-,13-/m0/s1. The Labute approximate surface area is 111 Å². The highest BCUT2D eigenvalue weighted by atomic mass is 16.3. The molecule has 1 amide bonds. The average Bonchev–Trinajstić information content (AvgIpc) is 2.97. The van der Waals surface area contributed by atoms with Crippen LogP contribution in [0.4, 0.5) is 0 Å². The Balaban J connectivity index is 1.72. The summed E-state index contributed by atoms with van der Waals surface area (Å²) in [5.41, 5.74) is 0.783. The molecule has 2 aliphatic rings. The lowest BCUT2D eigenvalue weighted by Gasteiger charge is -2.30. The fourth-order valence-corrected chi connectivity index (χ4v) is 3.26. The Kier molecular flexibility index (Phi) is 2.28. The molecule has 4 rings (SSSR count). The highest BCUT2D eigenvalue weighted by molar-refractivity contribution is 5.96. The molecule has 1 aromatic heterocycles. The van der Waals surface area contributed by atoms with Gasteiger partial charge in [-0.15, -0.1) is 0 Å². The molecule has 0 radical (unpaired) electrons. The van der Waals surface area contributed by atoms with E-state index in [0.29, 0.717) is 11.8 Å². The van der Waals surface area contributed by atoms with Crippen LogP contribution in [0.25, 0.3) is 11.0 Å². The average molecular weight is 253 g/mol. The van der Waals surface area contributed by atoms with Crippen LogP contribution in [0.5, 0.6) is 0 Å². The van der Waals surface area contributed by atoms with Crippen molar-refractivity contribution in [2.45, 2.75) is 31.3 Å². The summed E-state index contributed by atoms with van der Waals surface area (Å²) in [6, 6.07) is 10.2. The maximum atomic E-state index is 12.6. The molecule has 2 atom stereocenters. The summed E-state index contributed by atoms with van der Waals surface area (Å²) in [6.45, 7) is 0. The van der Waals surface area contributed by atoms with Crippen molar-refractivity contribution in [1.82, 2.24) is 4.90 Å². The molecule has 1 saturated heterocycles. The third-order valence-electron chi connectivity index (χ3n) is 4.18. The Morgan fingerprint density at radius 2 is 2.16 bits per heavy atom. The first-order valence-electron chi connectivity index (χ1n) is 6.81. The molecule has 0 aliphatic carbocycles. The first-order valence-corrected chi connectivity index (χ1v) is 6.81. The Morgan fingerprint density at radius 1 is 1.26 bits per heavy atom. The van der Waals surface area contributed by atoms with Gasteiger partial charge >= 0.3 is 0 Å². The van der Waals surface area contributed by atoms with E-state index in [1.807, 2.05) is 35.2 Å². The molecule has 0 saturated carbocycles. The molecule has 3 nitrogen and oxygen atoms in total. The Hall–Kier alpha value is -2.03. The van der Waals surface area contributed by atoms with Gasteiger partial charge in [0.15, 0.2) is 5.76 Å². The van der Waals surface area contributed by atoms with Crippen molar-refractivity contribution in [2.24, 2.45) is 0 Å². The number of nitrogens with zero attached hydrogens (tertiary/aromatic N) is 1. The van der Waals surface area contributed by atoms with Crippen molar-refractivity contribution in [3.63, 3.8) is 0 Å². The number of hydrogen-bond acceptors (Lipinski definition) is 2. The van der Waals surface area contributed by atoms with Gasteiger partial charge in [-0.25, -0.2) is 0 Å². The maximum Gasteiger partial charge on any atom is 0.290 e. The van der Waals surface area contributed by atoms with Crippen LogP contribution in [0, 0.1) is 0 Å². The minimum atomic E-state index is 0.0352. The summed E-state index contributed by atoms with van der Waals surface area (Å²) in [5.74, 6) is 0.501. The van der Waals surface area contributed by atoms with Gasteiger partial charge in [0.25, 0.3) is 5.91 Å². The molecule has 2 aromatic rings. The zero-order chi connectivity index (χ0) is 12.8. The van der Waals surface area contributed by atoms with E-state index < -0.39 is 0 Å². The second kappa shape index (κ2) is 3.98. The molecule has 0 N–H and O–H groups in total. The number of benzene rings is 1. The van der Waals surface area contributed by atoms with Crippen molar-refractivity contribution in [3.8, 4) is 0 Å². The third-order valence-corrected chi connectivity index (χ3v) is 4.18. The molecule has 0 unspecified atom stereocenters. The molecular formula is C16H15NO2. The van der Waals surface area contributed by atoms with Crippen LogP contribution in [0.15, 0.2) is 46.9 Å². The summed E-state index contributed by atoms with van der Waals surface area (Å²) >= 11 is 0. The molecule has 0 spiro atoms. The lowest BCUT2D eigenvalue weighted by atomic mass is 10.1. The van der Waals surface area contributed by atoms with Gasteiger partial charge in [0.1, 0.15) is 5.58 Å². The lowest BCUT2D eigenvalue weighted by Crippen LogP contribution is -2.41. The number of hydrogen-bond donors (Lipinski definition) is 0. The van der Waals surface area contributed by atoms with Crippen molar-refractivity contribution >= 4 is 16.9 Å². The predicted octanol–water partition coefficient (Wildman–Crippen LogP) is 3.37. The highest BCUT2D eigenvalue weighted by Crippen LogP contribution is 2.33. The number of carbonyl (C=O) groups excluding carboxylic acids is 1. The van der Waals surface area contributed by atoms with E-state index in [1.54, 1.807) is 0 Å². The fraction of sp³-hybridized carbons (Fsp3) is 0.312. The summed E-state index contributed by atoms with van der Waals surface area (Å²) in [6.07, 6.45) is 7.51. The molecule has 3 heterocycles. The normalized spacial score (nSPS) is 25.2. The minimum absolute atomic E-state index is 0.0352. The quantitative estimate of drug-likeness (QED) is 0.730. The van der Waals surface area contributed by atoms with E-state index in [2.05, 4.69) is 12.2 Å². The molecule has 96 valence electrons. The van der Waals surface area contributed by atoms with Crippen molar-refractivity contribution in [3.05, 3.63) is 48.2 Å². The van der Waals surface area contributed by atoms with Crippen LogP contribution in [-0.4, -0.2) is 22.9 Å². The number of carbonyl (C=O) groups is 1. The van der Waals surface area contributed by atoms with Crippen LogP contribution in [0.2, 0.25) is 0 Å². The summed E-state index contributed by atoms with van der Waals surface area (Å²) in [5, 5.41) is 0.991. The number of furan rings is 1. The van der Waals surface area contributed by atoms with Crippen LogP contribution in [-0.2, 0) is 0 Å². The SMILES string of the molecule is O=C(c1cc2ccccc2o1)N1[C@H]2CC=C[C@H]1CC2. The van der Waals surface area contributed by atoms with Gasteiger partial charge in [0.2, 0.25) is 0 Å². The van der Waals surface area contributed by atoms with Crippen LogP contribution >= 0.6 is 0 Å². The van der Waals surface area contributed by atoms with Crippen LogP contribution in [0.1, 0.15) is 29.8 Å². The minimum Gasteiger partial charge on any atom is -0.451 e. The Bertz CT molecular complexity index is 637. The maximum absolute atomic E-state index is 12.6. The van der Waals surface area contributed by atoms with Crippen LogP contribution in [0.3, 0.4) is 0 Å². The van der Waals surface area contributed by atoms with Gasteiger partial charge in [0, 0.05) is 11.4 Å². The number of amides is 1. The second-order valence-electron chi connectivity index (χ2n) is 5.32. The summed E-state index contributed by atoms with van der Waals surface area (Å²) < 4.78 is 5.69.